The summed E-state index contributed by atoms with van der Waals surface area (Å²) >= 11 is 0. The van der Waals surface area contributed by atoms with Crippen LogP contribution in [0.4, 0.5) is 4.39 Å². The van der Waals surface area contributed by atoms with E-state index in [1.165, 1.54) is 26.4 Å². The summed E-state index contributed by atoms with van der Waals surface area (Å²) in [5.41, 5.74) is 6.61. The van der Waals surface area contributed by atoms with E-state index in [2.05, 4.69) is 6.58 Å². The Morgan fingerprint density at radius 1 is 1.35 bits per heavy atom. The number of benzene rings is 1. The summed E-state index contributed by atoms with van der Waals surface area (Å²) in [4.78, 5) is 0. The zero-order valence-electron chi connectivity index (χ0n) is 9.90. The molecule has 0 spiro atoms. The van der Waals surface area contributed by atoms with Crippen LogP contribution in [0.3, 0.4) is 0 Å². The standard InChI is InChI=1S/C12H16FNO2.ClH/c1-4-5-9(14)12-10(15-2)6-8(13)7-11(12)16-3;/h4,6-7,9H,1,5,14H2,2-3H3;1H. The van der Waals surface area contributed by atoms with Gasteiger partial charge in [0.05, 0.1) is 19.8 Å². The van der Waals surface area contributed by atoms with Crippen molar-refractivity contribution in [3.8, 4) is 11.5 Å². The van der Waals surface area contributed by atoms with E-state index in [-0.39, 0.29) is 18.4 Å². The molecule has 5 heteroatoms. The normalized spacial score (nSPS) is 11.3. The van der Waals surface area contributed by atoms with E-state index in [1.54, 1.807) is 6.08 Å². The molecule has 0 aromatic heterocycles. The number of ether oxygens (including phenoxy) is 2. The number of nitrogens with two attached hydrogens (primary N) is 1. The van der Waals surface area contributed by atoms with Gasteiger partial charge < -0.3 is 15.2 Å². The molecule has 0 aliphatic carbocycles. The molecule has 1 aromatic rings. The zero-order valence-corrected chi connectivity index (χ0v) is 10.7. The van der Waals surface area contributed by atoms with Crippen molar-refractivity contribution in [3.63, 3.8) is 0 Å². The van der Waals surface area contributed by atoms with Gasteiger partial charge in [-0.1, -0.05) is 6.08 Å². The number of hydrogen-bond donors (Lipinski definition) is 1. The second kappa shape index (κ2) is 7.14. The van der Waals surface area contributed by atoms with E-state index in [0.717, 1.165) is 0 Å². The Kier molecular flexibility index (Phi) is 6.61. The second-order valence-electron chi connectivity index (χ2n) is 3.35. The smallest absolute Gasteiger partial charge is 0.130 e. The highest BCUT2D eigenvalue weighted by Gasteiger charge is 2.18. The highest BCUT2D eigenvalue weighted by molar-refractivity contribution is 5.85. The Hall–Kier alpha value is -1.26. The minimum Gasteiger partial charge on any atom is -0.496 e. The Labute approximate surface area is 107 Å². The van der Waals surface area contributed by atoms with Crippen LogP contribution in [-0.2, 0) is 0 Å². The quantitative estimate of drug-likeness (QED) is 0.829. The van der Waals surface area contributed by atoms with Crippen molar-refractivity contribution >= 4 is 12.4 Å². The van der Waals surface area contributed by atoms with Crippen LogP contribution >= 0.6 is 12.4 Å². The Balaban J connectivity index is 0.00000256. The molecule has 0 aliphatic heterocycles. The van der Waals surface area contributed by atoms with Gasteiger partial charge in [0.25, 0.3) is 0 Å². The third-order valence-electron chi connectivity index (χ3n) is 2.30. The molecule has 0 bridgehead atoms. The maximum Gasteiger partial charge on any atom is 0.130 e. The van der Waals surface area contributed by atoms with E-state index in [0.29, 0.717) is 23.5 Å². The van der Waals surface area contributed by atoms with Gasteiger partial charge in [-0.25, -0.2) is 4.39 Å². The molecule has 17 heavy (non-hydrogen) atoms. The van der Waals surface area contributed by atoms with Gasteiger partial charge in [0, 0.05) is 18.2 Å². The van der Waals surface area contributed by atoms with Crippen LogP contribution in [0.15, 0.2) is 24.8 Å². The molecule has 0 radical (unpaired) electrons. The average Bonchev–Trinajstić information content (AvgIpc) is 2.27. The molecule has 0 heterocycles. The fourth-order valence-electron chi connectivity index (χ4n) is 1.57. The van der Waals surface area contributed by atoms with Gasteiger partial charge in [-0.2, -0.15) is 0 Å². The maximum atomic E-state index is 13.2. The van der Waals surface area contributed by atoms with Gasteiger partial charge in [0.15, 0.2) is 0 Å². The van der Waals surface area contributed by atoms with Gasteiger partial charge in [-0.15, -0.1) is 19.0 Å². The predicted octanol–water partition coefficient (Wildman–Crippen LogP) is 2.84. The summed E-state index contributed by atoms with van der Waals surface area (Å²) in [6, 6.07) is 2.27. The van der Waals surface area contributed by atoms with Crippen molar-refractivity contribution in [2.75, 3.05) is 14.2 Å². The Bertz CT molecular complexity index is 360. The van der Waals surface area contributed by atoms with Crippen LogP contribution in [0.2, 0.25) is 0 Å². The summed E-state index contributed by atoms with van der Waals surface area (Å²) in [7, 11) is 2.94. The van der Waals surface area contributed by atoms with E-state index in [1.807, 2.05) is 0 Å². The Morgan fingerprint density at radius 3 is 2.18 bits per heavy atom. The summed E-state index contributed by atoms with van der Waals surface area (Å²) in [6.45, 7) is 3.62. The SMILES string of the molecule is C=CCC(N)c1c(OC)cc(F)cc1OC.Cl. The van der Waals surface area contributed by atoms with Crippen LogP contribution in [-0.4, -0.2) is 14.2 Å². The maximum absolute atomic E-state index is 13.2. The first-order valence-corrected chi connectivity index (χ1v) is 4.92. The topological polar surface area (TPSA) is 44.5 Å². The number of hydrogen-bond acceptors (Lipinski definition) is 3. The molecule has 0 saturated heterocycles. The van der Waals surface area contributed by atoms with E-state index >= 15 is 0 Å². The molecule has 0 amide bonds. The first kappa shape index (κ1) is 15.7. The summed E-state index contributed by atoms with van der Waals surface area (Å²) in [5, 5.41) is 0. The molecule has 1 aromatic carbocycles. The molecule has 0 saturated carbocycles. The highest BCUT2D eigenvalue weighted by Crippen LogP contribution is 2.35. The lowest BCUT2D eigenvalue weighted by molar-refractivity contribution is 0.374. The van der Waals surface area contributed by atoms with Crippen molar-refractivity contribution in [3.05, 3.63) is 36.2 Å². The van der Waals surface area contributed by atoms with Crippen LogP contribution in [0.5, 0.6) is 11.5 Å². The lowest BCUT2D eigenvalue weighted by Crippen LogP contribution is -2.12. The van der Waals surface area contributed by atoms with Crippen LogP contribution in [0, 0.1) is 5.82 Å². The number of methoxy groups -OCH3 is 2. The lowest BCUT2D eigenvalue weighted by Gasteiger charge is -2.17. The van der Waals surface area contributed by atoms with E-state index < -0.39 is 5.82 Å². The Morgan fingerprint density at radius 2 is 1.82 bits per heavy atom. The molecule has 3 nitrogen and oxygen atoms in total. The van der Waals surface area contributed by atoms with E-state index in [4.69, 9.17) is 15.2 Å². The van der Waals surface area contributed by atoms with Gasteiger partial charge in [0.1, 0.15) is 17.3 Å². The van der Waals surface area contributed by atoms with Crippen LogP contribution < -0.4 is 15.2 Å². The lowest BCUT2D eigenvalue weighted by atomic mass is 10.0. The predicted molar refractivity (Wildman–Crippen MR) is 68.5 cm³/mol. The number of rotatable bonds is 5. The van der Waals surface area contributed by atoms with Crippen LogP contribution in [0.1, 0.15) is 18.0 Å². The number of halogens is 2. The van der Waals surface area contributed by atoms with Gasteiger partial charge in [0.2, 0.25) is 0 Å². The molecule has 0 fully saturated rings. The van der Waals surface area contributed by atoms with Crippen molar-refractivity contribution < 1.29 is 13.9 Å². The third-order valence-corrected chi connectivity index (χ3v) is 2.30. The minimum absolute atomic E-state index is 0. The van der Waals surface area contributed by atoms with E-state index in [9.17, 15) is 4.39 Å². The largest absolute Gasteiger partial charge is 0.496 e. The zero-order chi connectivity index (χ0) is 12.1. The molecular formula is C12H17ClFNO2. The monoisotopic (exact) mass is 261 g/mol. The third kappa shape index (κ3) is 3.61. The van der Waals surface area contributed by atoms with Crippen molar-refractivity contribution in [2.24, 2.45) is 5.73 Å². The molecule has 96 valence electrons. The summed E-state index contributed by atoms with van der Waals surface area (Å²) in [5.74, 6) is 0.376. The fraction of sp³-hybridized carbons (Fsp3) is 0.333. The first-order chi connectivity index (χ1) is 7.63. The molecular weight excluding hydrogens is 245 g/mol. The van der Waals surface area contributed by atoms with Crippen LogP contribution in [0.25, 0.3) is 0 Å². The minimum atomic E-state index is -0.414. The van der Waals surface area contributed by atoms with Gasteiger partial charge in [-0.3, -0.25) is 0 Å². The molecule has 2 N–H and O–H groups in total. The van der Waals surface area contributed by atoms with Crippen molar-refractivity contribution in [1.82, 2.24) is 0 Å². The van der Waals surface area contributed by atoms with Crippen molar-refractivity contribution in [1.29, 1.82) is 0 Å². The van der Waals surface area contributed by atoms with Gasteiger partial charge >= 0.3 is 0 Å². The molecule has 1 rings (SSSR count). The highest BCUT2D eigenvalue weighted by atomic mass is 35.5. The summed E-state index contributed by atoms with van der Waals surface area (Å²) in [6.07, 6.45) is 2.27. The second-order valence-corrected chi connectivity index (χ2v) is 3.35. The summed E-state index contributed by atoms with van der Waals surface area (Å²) < 4.78 is 23.4. The average molecular weight is 262 g/mol. The fourth-order valence-corrected chi connectivity index (χ4v) is 1.57. The molecule has 0 aliphatic rings. The molecule has 1 atom stereocenters. The first-order valence-electron chi connectivity index (χ1n) is 4.92. The molecule has 1 unspecified atom stereocenters. The van der Waals surface area contributed by atoms with Crippen molar-refractivity contribution in [2.45, 2.75) is 12.5 Å². The van der Waals surface area contributed by atoms with Gasteiger partial charge in [-0.05, 0) is 6.42 Å².